The normalized spacial score (nSPS) is 14.9. The highest BCUT2D eigenvalue weighted by atomic mass is 16.5. The summed E-state index contributed by atoms with van der Waals surface area (Å²) in [5.74, 6) is 2.40. The third-order valence-corrected chi connectivity index (χ3v) is 7.71. The molecule has 1 aromatic heterocycles. The summed E-state index contributed by atoms with van der Waals surface area (Å²) in [6.07, 6.45) is 0. The van der Waals surface area contributed by atoms with Gasteiger partial charge in [0.2, 0.25) is 0 Å². The van der Waals surface area contributed by atoms with Gasteiger partial charge in [0.15, 0.2) is 17.5 Å². The molecule has 3 heterocycles. The fraction of sp³-hybridized carbons (Fsp3) is 0.143. The summed E-state index contributed by atoms with van der Waals surface area (Å²) in [5.41, 5.74) is 6.77. The quantitative estimate of drug-likeness (QED) is 0.214. The van der Waals surface area contributed by atoms with Gasteiger partial charge in [-0.05, 0) is 80.1 Å². The number of benzene rings is 4. The van der Waals surface area contributed by atoms with Crippen molar-refractivity contribution in [2.45, 2.75) is 19.9 Å². The van der Waals surface area contributed by atoms with E-state index < -0.39 is 0 Å². The van der Waals surface area contributed by atoms with Crippen molar-refractivity contribution >= 4 is 40.5 Å². The number of para-hydroxylation sites is 3. The van der Waals surface area contributed by atoms with E-state index in [0.29, 0.717) is 23.8 Å². The predicted molar refractivity (Wildman–Crippen MR) is 172 cm³/mol. The second-order valence-electron chi connectivity index (χ2n) is 10.4. The molecule has 0 radical (unpaired) electrons. The highest BCUT2D eigenvalue weighted by Gasteiger charge is 2.41. The smallest absolute Gasteiger partial charge is 0.337 e. The van der Waals surface area contributed by atoms with Crippen molar-refractivity contribution in [3.8, 4) is 11.4 Å². The molecule has 1 N–H and O–H groups in total. The molecule has 0 amide bonds. The van der Waals surface area contributed by atoms with E-state index in [1.54, 1.807) is 12.1 Å². The zero-order valence-corrected chi connectivity index (χ0v) is 24.6. The molecule has 0 bridgehead atoms. The first-order valence-electron chi connectivity index (χ1n) is 14.4. The Kier molecular flexibility index (Phi) is 6.90. The fourth-order valence-corrected chi connectivity index (χ4v) is 5.72. The predicted octanol–water partition coefficient (Wildman–Crippen LogP) is 7.16. The molecule has 5 aromatic rings. The molecule has 0 unspecified atom stereocenters. The van der Waals surface area contributed by atoms with Crippen LogP contribution in [0.5, 0.6) is 5.75 Å². The zero-order chi connectivity index (χ0) is 30.2. The number of aliphatic imine (C=N–C) groups is 2. The van der Waals surface area contributed by atoms with Crippen molar-refractivity contribution in [1.82, 2.24) is 9.78 Å². The van der Waals surface area contributed by atoms with Crippen LogP contribution >= 0.6 is 0 Å². The Hall–Kier alpha value is -5.70. The second-order valence-corrected chi connectivity index (χ2v) is 10.4. The Morgan fingerprint density at radius 3 is 2.34 bits per heavy atom. The lowest BCUT2D eigenvalue weighted by Gasteiger charge is -2.40. The number of nitrogens with one attached hydrogen (secondary N) is 1. The van der Waals surface area contributed by atoms with Gasteiger partial charge in [0.25, 0.3) is 0 Å². The lowest BCUT2D eigenvalue weighted by molar-refractivity contribution is 0.0600. The number of rotatable bonds is 6. The maximum atomic E-state index is 12.3. The summed E-state index contributed by atoms with van der Waals surface area (Å²) in [4.78, 5) is 24.8. The van der Waals surface area contributed by atoms with Gasteiger partial charge in [-0.2, -0.15) is 5.10 Å². The molecule has 44 heavy (non-hydrogen) atoms. The Morgan fingerprint density at radius 1 is 0.886 bits per heavy atom. The van der Waals surface area contributed by atoms with Crippen LogP contribution in [0.2, 0.25) is 0 Å². The van der Waals surface area contributed by atoms with Crippen molar-refractivity contribution in [3.63, 3.8) is 0 Å². The number of carbonyl (C=O) groups excluding carboxylic acids is 1. The van der Waals surface area contributed by atoms with E-state index in [9.17, 15) is 4.79 Å². The molecule has 9 nitrogen and oxygen atoms in total. The third kappa shape index (κ3) is 4.68. The van der Waals surface area contributed by atoms with Crippen LogP contribution in [0.25, 0.3) is 5.69 Å². The van der Waals surface area contributed by atoms with Gasteiger partial charge in [-0.3, -0.25) is 0 Å². The minimum Gasteiger partial charge on any atom is -0.494 e. The monoisotopic (exact) mass is 582 g/mol. The molecule has 7 rings (SSSR count). The number of esters is 1. The number of carbonyl (C=O) groups is 1. The lowest BCUT2D eigenvalue weighted by Crippen LogP contribution is -2.46. The molecular formula is C35H30N6O3. The molecule has 4 aromatic carbocycles. The number of hydrogen-bond acceptors (Lipinski definition) is 8. The maximum Gasteiger partial charge on any atom is 0.337 e. The molecule has 1 atom stereocenters. The number of hydrogen-bond donors (Lipinski definition) is 1. The van der Waals surface area contributed by atoms with Gasteiger partial charge in [-0.15, -0.1) is 0 Å². The first-order chi connectivity index (χ1) is 21.6. The van der Waals surface area contributed by atoms with E-state index in [2.05, 4.69) is 16.3 Å². The minimum atomic E-state index is -0.381. The van der Waals surface area contributed by atoms with Crippen molar-refractivity contribution in [2.75, 3.05) is 23.9 Å². The Balaban J connectivity index is 1.43. The maximum absolute atomic E-state index is 12.3. The molecule has 0 spiro atoms. The van der Waals surface area contributed by atoms with Gasteiger partial charge < -0.3 is 19.7 Å². The number of anilines is 2. The van der Waals surface area contributed by atoms with Crippen molar-refractivity contribution in [1.29, 1.82) is 0 Å². The van der Waals surface area contributed by atoms with Gasteiger partial charge in [0, 0.05) is 11.3 Å². The first kappa shape index (κ1) is 27.2. The highest BCUT2D eigenvalue weighted by molar-refractivity contribution is 6.51. The van der Waals surface area contributed by atoms with Crippen LogP contribution < -0.4 is 15.0 Å². The van der Waals surface area contributed by atoms with Gasteiger partial charge in [0.1, 0.15) is 5.75 Å². The lowest BCUT2D eigenvalue weighted by atomic mass is 9.92. The zero-order valence-electron chi connectivity index (χ0n) is 24.6. The summed E-state index contributed by atoms with van der Waals surface area (Å²) in [5, 5.41) is 8.50. The van der Waals surface area contributed by atoms with Crippen LogP contribution in [0, 0.1) is 6.92 Å². The largest absolute Gasteiger partial charge is 0.494 e. The van der Waals surface area contributed by atoms with E-state index in [-0.39, 0.29) is 12.0 Å². The first-order valence-corrected chi connectivity index (χ1v) is 14.4. The number of fused-ring (bicyclic) bond motifs is 4. The van der Waals surface area contributed by atoms with Crippen LogP contribution in [-0.4, -0.2) is 41.1 Å². The average molecular weight is 583 g/mol. The molecule has 218 valence electrons. The summed E-state index contributed by atoms with van der Waals surface area (Å²) < 4.78 is 12.5. The highest BCUT2D eigenvalue weighted by Crippen LogP contribution is 2.48. The Labute approximate surface area is 255 Å². The van der Waals surface area contributed by atoms with Gasteiger partial charge in [0.05, 0.1) is 48.1 Å². The SMILES string of the molecule is CCOc1ccc(NC2=Nc3ccccc3N3C2=Nc2c(c(C)nn2-c2ccccc2)[C@H]3c2ccc(C(=O)OC)cc2)cc1. The summed E-state index contributed by atoms with van der Waals surface area (Å²) in [7, 11) is 1.39. The molecule has 0 aliphatic carbocycles. The molecule has 0 fully saturated rings. The Bertz CT molecular complexity index is 1910. The molecule has 9 heteroatoms. The third-order valence-electron chi connectivity index (χ3n) is 7.71. The van der Waals surface area contributed by atoms with Crippen molar-refractivity contribution in [2.24, 2.45) is 9.98 Å². The molecular weight excluding hydrogens is 552 g/mol. The van der Waals surface area contributed by atoms with Crippen LogP contribution in [0.3, 0.4) is 0 Å². The standard InChI is InChI=1S/C35H30N6O3/c1-4-44-27-20-18-25(19-21-27)36-32-34-38-33-30(22(2)39-41(33)26-10-6-5-7-11-26)31(23-14-16-24(17-15-23)35(42)43-3)40(34)29-13-9-8-12-28(29)37-32/h5-21,31H,4H2,1-3H3,(H,36,37)/t31-/m1/s1. The van der Waals surface area contributed by atoms with E-state index >= 15 is 0 Å². The van der Waals surface area contributed by atoms with Crippen LogP contribution in [-0.2, 0) is 4.74 Å². The fourth-order valence-electron chi connectivity index (χ4n) is 5.72. The minimum absolute atomic E-state index is 0.310. The van der Waals surface area contributed by atoms with Crippen LogP contribution in [0.1, 0.15) is 40.1 Å². The van der Waals surface area contributed by atoms with Crippen molar-refractivity contribution in [3.05, 3.63) is 126 Å². The van der Waals surface area contributed by atoms with E-state index in [4.69, 9.17) is 24.6 Å². The topological polar surface area (TPSA) is 93.3 Å². The number of nitrogens with zero attached hydrogens (tertiary/aromatic N) is 5. The summed E-state index contributed by atoms with van der Waals surface area (Å²) in [6.45, 7) is 4.57. The molecule has 2 aliphatic heterocycles. The summed E-state index contributed by atoms with van der Waals surface area (Å²) >= 11 is 0. The number of ether oxygens (including phenoxy) is 2. The molecule has 0 saturated heterocycles. The number of aromatic nitrogens is 2. The number of methoxy groups -OCH3 is 1. The summed E-state index contributed by atoms with van der Waals surface area (Å²) in [6, 6.07) is 33.0. The van der Waals surface area contributed by atoms with Gasteiger partial charge in [-0.1, -0.05) is 42.5 Å². The Morgan fingerprint density at radius 2 is 1.61 bits per heavy atom. The van der Waals surface area contributed by atoms with Gasteiger partial charge in [-0.25, -0.2) is 19.5 Å². The number of aryl methyl sites for hydroxylation is 1. The van der Waals surface area contributed by atoms with Crippen LogP contribution in [0.4, 0.5) is 22.9 Å². The van der Waals surface area contributed by atoms with Gasteiger partial charge >= 0.3 is 5.97 Å². The van der Waals surface area contributed by atoms with E-state index in [1.807, 2.05) is 103 Å². The van der Waals surface area contributed by atoms with Crippen molar-refractivity contribution < 1.29 is 14.3 Å². The average Bonchev–Trinajstić information content (AvgIpc) is 3.40. The molecule has 2 aliphatic rings. The number of amidine groups is 2. The molecule has 0 saturated carbocycles. The van der Waals surface area contributed by atoms with E-state index in [0.717, 1.165) is 51.1 Å². The second kappa shape index (κ2) is 11.2. The van der Waals surface area contributed by atoms with Crippen LogP contribution in [0.15, 0.2) is 113 Å². The van der Waals surface area contributed by atoms with E-state index in [1.165, 1.54) is 7.11 Å².